The molecule has 0 aromatic heterocycles. The van der Waals surface area contributed by atoms with Gasteiger partial charge in [0.2, 0.25) is 0 Å². The van der Waals surface area contributed by atoms with Crippen molar-refractivity contribution in [1.29, 1.82) is 0 Å². The smallest absolute Gasteiger partial charge is 0.272 e. The van der Waals surface area contributed by atoms with E-state index in [0.717, 1.165) is 16.7 Å². The van der Waals surface area contributed by atoms with Crippen molar-refractivity contribution in [3.8, 4) is 0 Å². The first-order valence-electron chi connectivity index (χ1n) is 9.04. The van der Waals surface area contributed by atoms with Crippen LogP contribution in [0.4, 0.5) is 5.69 Å². The van der Waals surface area contributed by atoms with Gasteiger partial charge in [-0.1, -0.05) is 66.2 Å². The fourth-order valence-corrected chi connectivity index (χ4v) is 2.68. The SMILES string of the molecule is Cc1ccc(C(=O)NC(=Cc2ccccc2)C(=O)Nc2ccccc2C)cc1. The van der Waals surface area contributed by atoms with Gasteiger partial charge in [-0.3, -0.25) is 9.59 Å². The van der Waals surface area contributed by atoms with Crippen molar-refractivity contribution in [3.05, 3.63) is 107 Å². The molecule has 2 N–H and O–H groups in total. The lowest BCUT2D eigenvalue weighted by molar-refractivity contribution is -0.113. The summed E-state index contributed by atoms with van der Waals surface area (Å²) in [5.41, 5.74) is 4.21. The Kier molecular flexibility index (Phi) is 6.02. The molecule has 140 valence electrons. The zero-order chi connectivity index (χ0) is 19.9. The average Bonchev–Trinajstić information content (AvgIpc) is 2.70. The van der Waals surface area contributed by atoms with Crippen LogP contribution in [-0.4, -0.2) is 11.8 Å². The predicted molar refractivity (Wildman–Crippen MR) is 113 cm³/mol. The fourth-order valence-electron chi connectivity index (χ4n) is 2.68. The summed E-state index contributed by atoms with van der Waals surface area (Å²) in [7, 11) is 0. The first-order valence-corrected chi connectivity index (χ1v) is 9.04. The molecule has 2 amide bonds. The standard InChI is InChI=1S/C24H22N2O2/c1-17-12-14-20(15-13-17)23(27)26-22(16-19-9-4-3-5-10-19)24(28)25-21-11-7-6-8-18(21)2/h3-16H,1-2H3,(H,25,28)(H,26,27). The van der Waals surface area contributed by atoms with Gasteiger partial charge in [-0.05, 0) is 49.2 Å². The molecule has 0 saturated carbocycles. The summed E-state index contributed by atoms with van der Waals surface area (Å²) in [5.74, 6) is -0.708. The number of rotatable bonds is 5. The van der Waals surface area contributed by atoms with Gasteiger partial charge in [-0.2, -0.15) is 0 Å². The number of nitrogens with one attached hydrogen (secondary N) is 2. The van der Waals surface area contributed by atoms with E-state index in [1.54, 1.807) is 18.2 Å². The van der Waals surface area contributed by atoms with Crippen LogP contribution in [0.2, 0.25) is 0 Å². The first-order chi connectivity index (χ1) is 13.5. The second-order valence-corrected chi connectivity index (χ2v) is 6.56. The van der Waals surface area contributed by atoms with E-state index < -0.39 is 0 Å². The van der Waals surface area contributed by atoms with Crippen LogP contribution in [0.3, 0.4) is 0 Å². The van der Waals surface area contributed by atoms with Crippen molar-refractivity contribution in [2.24, 2.45) is 0 Å². The lowest BCUT2D eigenvalue weighted by Gasteiger charge is -2.13. The van der Waals surface area contributed by atoms with Crippen molar-refractivity contribution in [2.75, 3.05) is 5.32 Å². The Labute approximate surface area is 164 Å². The van der Waals surface area contributed by atoms with Gasteiger partial charge < -0.3 is 10.6 Å². The van der Waals surface area contributed by atoms with Gasteiger partial charge in [-0.15, -0.1) is 0 Å². The minimum absolute atomic E-state index is 0.181. The Morgan fingerprint density at radius 3 is 2.11 bits per heavy atom. The summed E-state index contributed by atoms with van der Waals surface area (Å²) in [6.07, 6.45) is 1.67. The molecule has 0 unspecified atom stereocenters. The molecule has 0 atom stereocenters. The lowest BCUT2D eigenvalue weighted by atomic mass is 10.1. The Bertz CT molecular complexity index is 1010. The second-order valence-electron chi connectivity index (χ2n) is 6.56. The van der Waals surface area contributed by atoms with E-state index in [1.165, 1.54) is 0 Å². The summed E-state index contributed by atoms with van der Waals surface area (Å²) >= 11 is 0. The van der Waals surface area contributed by atoms with Gasteiger partial charge >= 0.3 is 0 Å². The number of benzene rings is 3. The molecule has 0 bridgehead atoms. The van der Waals surface area contributed by atoms with Crippen LogP contribution in [0.5, 0.6) is 0 Å². The maximum Gasteiger partial charge on any atom is 0.272 e. The van der Waals surface area contributed by atoms with Crippen LogP contribution >= 0.6 is 0 Å². The van der Waals surface area contributed by atoms with E-state index in [1.807, 2.05) is 80.6 Å². The third-order valence-electron chi connectivity index (χ3n) is 4.31. The highest BCUT2D eigenvalue weighted by molar-refractivity contribution is 6.10. The van der Waals surface area contributed by atoms with Crippen LogP contribution in [-0.2, 0) is 4.79 Å². The highest BCUT2D eigenvalue weighted by atomic mass is 16.2. The molecule has 0 aliphatic heterocycles. The van der Waals surface area contributed by atoms with Crippen LogP contribution in [0.25, 0.3) is 6.08 Å². The van der Waals surface area contributed by atoms with E-state index >= 15 is 0 Å². The van der Waals surface area contributed by atoms with Gasteiger partial charge in [-0.25, -0.2) is 0 Å². The number of hydrogen-bond donors (Lipinski definition) is 2. The van der Waals surface area contributed by atoms with Crippen molar-refractivity contribution in [3.63, 3.8) is 0 Å². The first kappa shape index (κ1) is 19.1. The third-order valence-corrected chi connectivity index (χ3v) is 4.31. The Balaban J connectivity index is 1.87. The molecular formula is C24H22N2O2. The molecule has 0 saturated heterocycles. The van der Waals surface area contributed by atoms with Crippen LogP contribution < -0.4 is 10.6 Å². The molecule has 0 aliphatic carbocycles. The minimum Gasteiger partial charge on any atom is -0.320 e. The molecular weight excluding hydrogens is 348 g/mol. The van der Waals surface area contributed by atoms with Crippen molar-refractivity contribution in [2.45, 2.75) is 13.8 Å². The zero-order valence-corrected chi connectivity index (χ0v) is 15.9. The maximum atomic E-state index is 12.9. The summed E-state index contributed by atoms with van der Waals surface area (Å²) in [4.78, 5) is 25.5. The topological polar surface area (TPSA) is 58.2 Å². The molecule has 0 fully saturated rings. The number of aryl methyl sites for hydroxylation is 2. The number of para-hydroxylation sites is 1. The number of amides is 2. The van der Waals surface area contributed by atoms with E-state index in [-0.39, 0.29) is 17.5 Å². The summed E-state index contributed by atoms with van der Waals surface area (Å²) < 4.78 is 0. The van der Waals surface area contributed by atoms with Crippen LogP contribution in [0, 0.1) is 13.8 Å². The molecule has 0 radical (unpaired) electrons. The molecule has 3 rings (SSSR count). The Hall–Kier alpha value is -3.66. The van der Waals surface area contributed by atoms with E-state index in [9.17, 15) is 9.59 Å². The number of anilines is 1. The van der Waals surface area contributed by atoms with Gasteiger partial charge in [0.25, 0.3) is 11.8 Å². The van der Waals surface area contributed by atoms with Gasteiger partial charge in [0.1, 0.15) is 5.70 Å². The molecule has 0 spiro atoms. The lowest BCUT2D eigenvalue weighted by Crippen LogP contribution is -2.30. The zero-order valence-electron chi connectivity index (χ0n) is 15.9. The van der Waals surface area contributed by atoms with Gasteiger partial charge in [0, 0.05) is 11.3 Å². The monoisotopic (exact) mass is 370 g/mol. The number of hydrogen-bond acceptors (Lipinski definition) is 2. The molecule has 3 aromatic rings. The Morgan fingerprint density at radius 2 is 1.43 bits per heavy atom. The van der Waals surface area contributed by atoms with E-state index in [0.29, 0.717) is 11.3 Å². The third kappa shape index (κ3) is 4.95. The van der Waals surface area contributed by atoms with Crippen molar-refractivity contribution in [1.82, 2.24) is 5.32 Å². The van der Waals surface area contributed by atoms with E-state index in [2.05, 4.69) is 10.6 Å². The predicted octanol–water partition coefficient (Wildman–Crippen LogP) is 4.71. The van der Waals surface area contributed by atoms with Crippen molar-refractivity contribution >= 4 is 23.6 Å². The molecule has 28 heavy (non-hydrogen) atoms. The normalized spacial score (nSPS) is 11.0. The Morgan fingerprint density at radius 1 is 0.786 bits per heavy atom. The molecule has 3 aromatic carbocycles. The summed E-state index contributed by atoms with van der Waals surface area (Å²) in [5, 5.41) is 5.63. The number of carbonyl (C=O) groups excluding carboxylic acids is 2. The van der Waals surface area contributed by atoms with Crippen molar-refractivity contribution < 1.29 is 9.59 Å². The second kappa shape index (κ2) is 8.82. The van der Waals surface area contributed by atoms with Crippen LogP contribution in [0.15, 0.2) is 84.6 Å². The fraction of sp³-hybridized carbons (Fsp3) is 0.0833. The highest BCUT2D eigenvalue weighted by Crippen LogP contribution is 2.15. The number of carbonyl (C=O) groups is 2. The average molecular weight is 370 g/mol. The quantitative estimate of drug-likeness (QED) is 0.639. The highest BCUT2D eigenvalue weighted by Gasteiger charge is 2.15. The molecule has 4 heteroatoms. The minimum atomic E-state index is -0.376. The molecule has 0 aliphatic rings. The van der Waals surface area contributed by atoms with Gasteiger partial charge in [0.15, 0.2) is 0 Å². The maximum absolute atomic E-state index is 12.9. The van der Waals surface area contributed by atoms with Crippen LogP contribution in [0.1, 0.15) is 27.0 Å². The summed E-state index contributed by atoms with van der Waals surface area (Å²) in [6.45, 7) is 3.87. The molecule has 0 heterocycles. The van der Waals surface area contributed by atoms with E-state index in [4.69, 9.17) is 0 Å². The largest absolute Gasteiger partial charge is 0.320 e. The summed E-state index contributed by atoms with van der Waals surface area (Å²) in [6, 6.07) is 24.1. The van der Waals surface area contributed by atoms with Gasteiger partial charge in [0.05, 0.1) is 0 Å². The molecule has 4 nitrogen and oxygen atoms in total.